The van der Waals surface area contributed by atoms with Crippen LogP contribution in [0.25, 0.3) is 0 Å². The van der Waals surface area contributed by atoms with E-state index in [1.165, 1.54) is 24.3 Å². The van der Waals surface area contributed by atoms with Gasteiger partial charge in [-0.25, -0.2) is 8.78 Å². The van der Waals surface area contributed by atoms with Crippen molar-refractivity contribution in [3.63, 3.8) is 0 Å². The number of hydrogen-bond acceptors (Lipinski definition) is 2. The fraction of sp³-hybridized carbons (Fsp3) is 0.235. The van der Waals surface area contributed by atoms with Crippen LogP contribution in [0.4, 0.5) is 20.2 Å². The predicted molar refractivity (Wildman–Crippen MR) is 88.9 cm³/mol. The summed E-state index contributed by atoms with van der Waals surface area (Å²) in [4.78, 5) is 13.9. The first-order valence-corrected chi connectivity index (χ1v) is 7.63. The van der Waals surface area contributed by atoms with Crippen LogP contribution in [0.3, 0.4) is 0 Å². The van der Waals surface area contributed by atoms with Crippen molar-refractivity contribution in [3.05, 3.63) is 59.1 Å². The van der Waals surface area contributed by atoms with E-state index in [1.807, 2.05) is 11.8 Å². The van der Waals surface area contributed by atoms with E-state index >= 15 is 0 Å². The van der Waals surface area contributed by atoms with E-state index in [4.69, 9.17) is 11.6 Å². The van der Waals surface area contributed by atoms with Crippen LogP contribution in [-0.4, -0.2) is 19.0 Å². The zero-order valence-corrected chi connectivity index (χ0v) is 13.4. The third-order valence-electron chi connectivity index (χ3n) is 3.39. The molecule has 0 radical (unpaired) electrons. The Labute approximate surface area is 138 Å². The summed E-state index contributed by atoms with van der Waals surface area (Å²) in [5, 5.41) is 2.79. The summed E-state index contributed by atoms with van der Waals surface area (Å²) in [7, 11) is 0. The second-order valence-corrected chi connectivity index (χ2v) is 5.41. The SMILES string of the molecule is CCN(CCC(=O)Nc1ccc(Cl)cc1F)c1ccc(F)cc1. The largest absolute Gasteiger partial charge is 0.371 e. The zero-order chi connectivity index (χ0) is 16.8. The van der Waals surface area contributed by atoms with Crippen molar-refractivity contribution in [1.82, 2.24) is 0 Å². The van der Waals surface area contributed by atoms with Crippen LogP contribution in [0.15, 0.2) is 42.5 Å². The third kappa shape index (κ3) is 4.93. The molecule has 1 amide bonds. The van der Waals surface area contributed by atoms with Crippen molar-refractivity contribution >= 4 is 28.9 Å². The number of amides is 1. The molecule has 0 aliphatic carbocycles. The van der Waals surface area contributed by atoms with Gasteiger partial charge in [0.1, 0.15) is 11.6 Å². The van der Waals surface area contributed by atoms with E-state index in [-0.39, 0.29) is 28.9 Å². The molecule has 23 heavy (non-hydrogen) atoms. The summed E-state index contributed by atoms with van der Waals surface area (Å²) in [6.07, 6.45) is 0.188. The summed E-state index contributed by atoms with van der Waals surface area (Å²) in [6, 6.07) is 10.2. The molecule has 1 N–H and O–H groups in total. The monoisotopic (exact) mass is 338 g/mol. The van der Waals surface area contributed by atoms with Crippen LogP contribution in [0.5, 0.6) is 0 Å². The lowest BCUT2D eigenvalue weighted by molar-refractivity contribution is -0.116. The van der Waals surface area contributed by atoms with Gasteiger partial charge in [-0.15, -0.1) is 0 Å². The van der Waals surface area contributed by atoms with Gasteiger partial charge in [0.15, 0.2) is 0 Å². The molecule has 3 nitrogen and oxygen atoms in total. The van der Waals surface area contributed by atoms with Crippen molar-refractivity contribution in [2.75, 3.05) is 23.3 Å². The Hall–Kier alpha value is -2.14. The molecular weight excluding hydrogens is 322 g/mol. The van der Waals surface area contributed by atoms with Gasteiger partial charge in [-0.05, 0) is 49.4 Å². The average Bonchev–Trinajstić information content (AvgIpc) is 2.52. The number of benzene rings is 2. The Bertz CT molecular complexity index is 677. The first-order chi connectivity index (χ1) is 11.0. The van der Waals surface area contributed by atoms with Gasteiger partial charge in [-0.1, -0.05) is 11.6 Å². The molecule has 0 aliphatic rings. The van der Waals surface area contributed by atoms with E-state index < -0.39 is 5.82 Å². The summed E-state index contributed by atoms with van der Waals surface area (Å²) in [5.41, 5.74) is 0.934. The molecule has 2 aromatic carbocycles. The molecule has 0 aliphatic heterocycles. The topological polar surface area (TPSA) is 32.3 Å². The summed E-state index contributed by atoms with van der Waals surface area (Å²) >= 11 is 5.67. The van der Waals surface area contributed by atoms with Gasteiger partial charge in [0.2, 0.25) is 5.91 Å². The standard InChI is InChI=1S/C17H17ClF2N2O/c1-2-22(14-6-4-13(19)5-7-14)10-9-17(23)21-16-8-3-12(18)11-15(16)20/h3-8,11H,2,9-10H2,1H3,(H,21,23). The highest BCUT2D eigenvalue weighted by atomic mass is 35.5. The Morgan fingerprint density at radius 1 is 1.17 bits per heavy atom. The number of nitrogens with zero attached hydrogens (tertiary/aromatic N) is 1. The van der Waals surface area contributed by atoms with Crippen LogP contribution in [0.1, 0.15) is 13.3 Å². The Morgan fingerprint density at radius 3 is 2.48 bits per heavy atom. The van der Waals surface area contributed by atoms with Gasteiger partial charge in [-0.3, -0.25) is 4.79 Å². The van der Waals surface area contributed by atoms with Crippen LogP contribution >= 0.6 is 11.6 Å². The maximum atomic E-state index is 13.6. The molecule has 0 aromatic heterocycles. The number of rotatable bonds is 6. The van der Waals surface area contributed by atoms with Gasteiger partial charge in [0.05, 0.1) is 5.69 Å². The fourth-order valence-electron chi connectivity index (χ4n) is 2.16. The van der Waals surface area contributed by atoms with Crippen molar-refractivity contribution in [3.8, 4) is 0 Å². The molecule has 0 heterocycles. The van der Waals surface area contributed by atoms with Crippen molar-refractivity contribution in [2.24, 2.45) is 0 Å². The first kappa shape index (κ1) is 17.2. The molecule has 0 saturated heterocycles. The number of halogens is 3. The first-order valence-electron chi connectivity index (χ1n) is 7.25. The lowest BCUT2D eigenvalue weighted by Crippen LogP contribution is -2.27. The van der Waals surface area contributed by atoms with Crippen molar-refractivity contribution in [2.45, 2.75) is 13.3 Å². The van der Waals surface area contributed by atoms with Crippen LogP contribution in [0, 0.1) is 11.6 Å². The van der Waals surface area contributed by atoms with Gasteiger partial charge in [0, 0.05) is 30.2 Å². The molecule has 0 fully saturated rings. The average molecular weight is 339 g/mol. The second-order valence-electron chi connectivity index (χ2n) is 4.98. The van der Waals surface area contributed by atoms with Crippen LogP contribution < -0.4 is 10.2 Å². The summed E-state index contributed by atoms with van der Waals surface area (Å²) < 4.78 is 26.6. The van der Waals surface area contributed by atoms with Gasteiger partial charge in [-0.2, -0.15) is 0 Å². The van der Waals surface area contributed by atoms with Crippen molar-refractivity contribution in [1.29, 1.82) is 0 Å². The van der Waals surface area contributed by atoms with E-state index in [0.29, 0.717) is 13.1 Å². The molecule has 0 spiro atoms. The maximum absolute atomic E-state index is 13.6. The number of nitrogens with one attached hydrogen (secondary N) is 1. The highest BCUT2D eigenvalue weighted by Crippen LogP contribution is 2.19. The number of anilines is 2. The third-order valence-corrected chi connectivity index (χ3v) is 3.62. The maximum Gasteiger partial charge on any atom is 0.226 e. The van der Waals surface area contributed by atoms with Gasteiger partial charge in [0.25, 0.3) is 0 Å². The normalized spacial score (nSPS) is 10.4. The number of hydrogen-bond donors (Lipinski definition) is 1. The van der Waals surface area contributed by atoms with Crippen LogP contribution in [0.2, 0.25) is 5.02 Å². The smallest absolute Gasteiger partial charge is 0.226 e. The quantitative estimate of drug-likeness (QED) is 0.842. The predicted octanol–water partition coefficient (Wildman–Crippen LogP) is 4.47. The van der Waals surface area contributed by atoms with E-state index in [2.05, 4.69) is 5.32 Å². The lowest BCUT2D eigenvalue weighted by Gasteiger charge is -2.22. The van der Waals surface area contributed by atoms with Crippen LogP contribution in [-0.2, 0) is 4.79 Å². The van der Waals surface area contributed by atoms with E-state index in [9.17, 15) is 13.6 Å². The van der Waals surface area contributed by atoms with Gasteiger partial charge < -0.3 is 10.2 Å². The molecule has 2 aromatic rings. The molecular formula is C17H17ClF2N2O. The number of carbonyl (C=O) groups excluding carboxylic acids is 1. The van der Waals surface area contributed by atoms with Crippen molar-refractivity contribution < 1.29 is 13.6 Å². The van der Waals surface area contributed by atoms with E-state index in [0.717, 1.165) is 11.8 Å². The minimum Gasteiger partial charge on any atom is -0.371 e. The highest BCUT2D eigenvalue weighted by Gasteiger charge is 2.10. The van der Waals surface area contributed by atoms with Gasteiger partial charge >= 0.3 is 0 Å². The molecule has 0 unspecified atom stereocenters. The summed E-state index contributed by atoms with van der Waals surface area (Å²) in [5.74, 6) is -1.18. The minimum absolute atomic E-state index is 0.101. The molecule has 6 heteroatoms. The molecule has 2 rings (SSSR count). The Morgan fingerprint density at radius 2 is 1.87 bits per heavy atom. The Balaban J connectivity index is 1.93. The fourth-order valence-corrected chi connectivity index (χ4v) is 2.32. The molecule has 0 saturated carbocycles. The summed E-state index contributed by atoms with van der Waals surface area (Å²) in [6.45, 7) is 3.07. The zero-order valence-electron chi connectivity index (χ0n) is 12.7. The molecule has 0 atom stereocenters. The molecule has 0 bridgehead atoms. The minimum atomic E-state index is -0.572. The number of carbonyl (C=O) groups is 1. The highest BCUT2D eigenvalue weighted by molar-refractivity contribution is 6.30. The van der Waals surface area contributed by atoms with E-state index in [1.54, 1.807) is 12.1 Å². The lowest BCUT2D eigenvalue weighted by atomic mass is 10.2. The molecule has 122 valence electrons. The Kier molecular flexibility index (Phi) is 5.93. The second kappa shape index (κ2) is 7.92.